The highest BCUT2D eigenvalue weighted by Crippen LogP contribution is 2.31. The Bertz CT molecular complexity index is 948. The molecule has 0 spiro atoms. The van der Waals surface area contributed by atoms with Gasteiger partial charge in [-0.1, -0.05) is 11.3 Å². The number of hydrogen-bond donors (Lipinski definition) is 1. The van der Waals surface area contributed by atoms with Crippen molar-refractivity contribution < 1.29 is 13.2 Å². The van der Waals surface area contributed by atoms with E-state index >= 15 is 0 Å². The summed E-state index contributed by atoms with van der Waals surface area (Å²) in [5.74, 6) is 0. The van der Waals surface area contributed by atoms with Gasteiger partial charge in [-0.25, -0.2) is 22.5 Å². The molecule has 28 heavy (non-hydrogen) atoms. The van der Waals surface area contributed by atoms with Gasteiger partial charge in [0.15, 0.2) is 9.34 Å². The predicted octanol–water partition coefficient (Wildman–Crippen LogP) is 2.97. The van der Waals surface area contributed by atoms with Crippen molar-refractivity contribution in [3.8, 4) is 0 Å². The standard InChI is InChI=1S/C18H25N5O3S2/c1-13-16(28(25,26)21(2)3)27-18(19-13)22(4)17(24)20-14-7-9-15(10-8-14)23-11-5-6-12-23/h7-10H,5-6,11-12H2,1-4H3,(H,20,24). The molecule has 1 aliphatic rings. The van der Waals surface area contributed by atoms with Crippen LogP contribution in [0.3, 0.4) is 0 Å². The summed E-state index contributed by atoms with van der Waals surface area (Å²) >= 11 is 0.979. The molecule has 0 saturated carbocycles. The highest BCUT2D eigenvalue weighted by atomic mass is 32.2. The molecular formula is C18H25N5O3S2. The number of nitrogens with one attached hydrogen (secondary N) is 1. The van der Waals surface area contributed by atoms with Gasteiger partial charge in [-0.15, -0.1) is 0 Å². The van der Waals surface area contributed by atoms with Crippen molar-refractivity contribution in [3.63, 3.8) is 0 Å². The summed E-state index contributed by atoms with van der Waals surface area (Å²) in [6, 6.07) is 7.35. The first-order valence-corrected chi connectivity index (χ1v) is 11.3. The quantitative estimate of drug-likeness (QED) is 0.799. The number of sulfonamides is 1. The fourth-order valence-corrected chi connectivity index (χ4v) is 5.55. The van der Waals surface area contributed by atoms with Gasteiger partial charge in [0.2, 0.25) is 0 Å². The Morgan fingerprint density at radius 2 is 1.75 bits per heavy atom. The van der Waals surface area contributed by atoms with Crippen LogP contribution in [-0.2, 0) is 10.0 Å². The first kappa shape index (κ1) is 20.6. The third-order valence-corrected chi connectivity index (χ3v) is 8.27. The van der Waals surface area contributed by atoms with Crippen LogP contribution in [0.1, 0.15) is 18.5 Å². The second-order valence-electron chi connectivity index (χ2n) is 6.89. The maximum Gasteiger partial charge on any atom is 0.327 e. The Labute approximate surface area is 169 Å². The van der Waals surface area contributed by atoms with Crippen molar-refractivity contribution in [2.24, 2.45) is 0 Å². The Kier molecular flexibility index (Phi) is 5.92. The average molecular weight is 424 g/mol. The fourth-order valence-electron chi connectivity index (χ4n) is 2.94. The van der Waals surface area contributed by atoms with E-state index in [2.05, 4.69) is 15.2 Å². The van der Waals surface area contributed by atoms with E-state index in [0.717, 1.165) is 34.4 Å². The second-order valence-corrected chi connectivity index (χ2v) is 10.2. The lowest BCUT2D eigenvalue weighted by molar-refractivity contribution is 0.258. The van der Waals surface area contributed by atoms with Crippen LogP contribution >= 0.6 is 11.3 Å². The van der Waals surface area contributed by atoms with Gasteiger partial charge in [-0.2, -0.15) is 0 Å². The Morgan fingerprint density at radius 1 is 1.14 bits per heavy atom. The van der Waals surface area contributed by atoms with Gasteiger partial charge in [0.25, 0.3) is 10.0 Å². The van der Waals surface area contributed by atoms with Crippen molar-refractivity contribution in [2.75, 3.05) is 49.3 Å². The summed E-state index contributed by atoms with van der Waals surface area (Å²) in [6.07, 6.45) is 2.42. The van der Waals surface area contributed by atoms with Crippen LogP contribution in [0, 0.1) is 6.92 Å². The smallest absolute Gasteiger partial charge is 0.327 e. The van der Waals surface area contributed by atoms with Crippen LogP contribution in [-0.4, -0.2) is 58.0 Å². The van der Waals surface area contributed by atoms with E-state index in [9.17, 15) is 13.2 Å². The predicted molar refractivity (Wildman–Crippen MR) is 113 cm³/mol. The van der Waals surface area contributed by atoms with Gasteiger partial charge in [0, 0.05) is 45.6 Å². The Morgan fingerprint density at radius 3 is 2.32 bits per heavy atom. The van der Waals surface area contributed by atoms with Crippen LogP contribution < -0.4 is 15.1 Å². The molecule has 0 radical (unpaired) electrons. The number of carbonyl (C=O) groups excluding carboxylic acids is 1. The highest BCUT2D eigenvalue weighted by molar-refractivity contribution is 7.91. The molecule has 1 aromatic carbocycles. The zero-order valence-electron chi connectivity index (χ0n) is 16.5. The van der Waals surface area contributed by atoms with Crippen LogP contribution in [0.2, 0.25) is 0 Å². The van der Waals surface area contributed by atoms with Gasteiger partial charge in [0.1, 0.15) is 0 Å². The van der Waals surface area contributed by atoms with E-state index in [1.54, 1.807) is 14.0 Å². The van der Waals surface area contributed by atoms with Crippen LogP contribution in [0.4, 0.5) is 21.3 Å². The van der Waals surface area contributed by atoms with Crippen LogP contribution in [0.15, 0.2) is 28.5 Å². The molecule has 0 atom stereocenters. The molecule has 1 N–H and O–H groups in total. The minimum absolute atomic E-state index is 0.141. The molecule has 8 nitrogen and oxygen atoms in total. The maximum absolute atomic E-state index is 12.6. The Hall–Kier alpha value is -2.17. The number of benzene rings is 1. The summed E-state index contributed by atoms with van der Waals surface area (Å²) in [5.41, 5.74) is 2.20. The number of urea groups is 1. The molecule has 3 rings (SSSR count). The zero-order valence-corrected chi connectivity index (χ0v) is 18.1. The number of aromatic nitrogens is 1. The van der Waals surface area contributed by atoms with Gasteiger partial charge in [-0.05, 0) is 44.0 Å². The number of anilines is 3. The van der Waals surface area contributed by atoms with Crippen molar-refractivity contribution >= 4 is 43.9 Å². The third kappa shape index (κ3) is 4.13. The first-order chi connectivity index (χ1) is 13.2. The number of carbonyl (C=O) groups is 1. The molecule has 0 unspecified atom stereocenters. The molecule has 10 heteroatoms. The van der Waals surface area contributed by atoms with E-state index in [-0.39, 0.29) is 10.2 Å². The topological polar surface area (TPSA) is 85.9 Å². The van der Waals surface area contributed by atoms with Crippen molar-refractivity contribution in [1.29, 1.82) is 0 Å². The average Bonchev–Trinajstić information content (AvgIpc) is 3.31. The highest BCUT2D eigenvalue weighted by Gasteiger charge is 2.26. The van der Waals surface area contributed by atoms with Gasteiger partial charge in [-0.3, -0.25) is 4.90 Å². The summed E-state index contributed by atoms with van der Waals surface area (Å²) in [4.78, 5) is 20.5. The minimum Gasteiger partial charge on any atom is -0.372 e. The number of nitrogens with zero attached hydrogens (tertiary/aromatic N) is 4. The molecule has 1 aliphatic heterocycles. The molecule has 0 bridgehead atoms. The second kappa shape index (κ2) is 8.06. The number of hydrogen-bond acceptors (Lipinski definition) is 6. The lowest BCUT2D eigenvalue weighted by Gasteiger charge is -2.18. The Balaban J connectivity index is 1.71. The summed E-state index contributed by atoms with van der Waals surface area (Å²) < 4.78 is 26.0. The summed E-state index contributed by atoms with van der Waals surface area (Å²) in [7, 11) is 0.914. The maximum atomic E-state index is 12.6. The number of aryl methyl sites for hydroxylation is 1. The molecule has 1 fully saturated rings. The summed E-state index contributed by atoms with van der Waals surface area (Å²) in [5, 5.41) is 3.15. The molecule has 152 valence electrons. The van der Waals surface area contributed by atoms with E-state index < -0.39 is 10.0 Å². The van der Waals surface area contributed by atoms with Crippen LogP contribution in [0.5, 0.6) is 0 Å². The lowest BCUT2D eigenvalue weighted by Crippen LogP contribution is -2.31. The number of rotatable bonds is 5. The van der Waals surface area contributed by atoms with E-state index in [4.69, 9.17) is 0 Å². The summed E-state index contributed by atoms with van der Waals surface area (Å²) in [6.45, 7) is 3.76. The SMILES string of the molecule is Cc1nc(N(C)C(=O)Nc2ccc(N3CCCC3)cc2)sc1S(=O)(=O)N(C)C. The zero-order chi connectivity index (χ0) is 20.5. The number of amides is 2. The van der Waals surface area contributed by atoms with Crippen LogP contribution in [0.25, 0.3) is 0 Å². The molecule has 2 aromatic rings. The van der Waals surface area contributed by atoms with E-state index in [1.165, 1.54) is 31.8 Å². The monoisotopic (exact) mass is 423 g/mol. The van der Waals surface area contributed by atoms with Crippen molar-refractivity contribution in [2.45, 2.75) is 24.0 Å². The first-order valence-electron chi connectivity index (χ1n) is 9.00. The molecule has 2 heterocycles. The third-order valence-electron chi connectivity index (χ3n) is 4.64. The van der Waals surface area contributed by atoms with E-state index in [0.29, 0.717) is 16.5 Å². The largest absolute Gasteiger partial charge is 0.372 e. The van der Waals surface area contributed by atoms with Crippen molar-refractivity contribution in [1.82, 2.24) is 9.29 Å². The minimum atomic E-state index is -3.59. The molecule has 1 aromatic heterocycles. The van der Waals surface area contributed by atoms with E-state index in [1.807, 2.05) is 24.3 Å². The molecule has 2 amide bonds. The van der Waals surface area contributed by atoms with Gasteiger partial charge >= 0.3 is 6.03 Å². The lowest BCUT2D eigenvalue weighted by atomic mass is 10.2. The molecule has 1 saturated heterocycles. The molecular weight excluding hydrogens is 398 g/mol. The fraction of sp³-hybridized carbons (Fsp3) is 0.444. The molecule has 0 aliphatic carbocycles. The van der Waals surface area contributed by atoms with Crippen molar-refractivity contribution in [3.05, 3.63) is 30.0 Å². The number of thiazole rings is 1. The van der Waals surface area contributed by atoms with Gasteiger partial charge < -0.3 is 10.2 Å². The normalized spacial score (nSPS) is 14.5. The van der Waals surface area contributed by atoms with Gasteiger partial charge in [0.05, 0.1) is 5.69 Å².